The van der Waals surface area contributed by atoms with Gasteiger partial charge in [-0.05, 0) is 55.2 Å². The molecule has 2 atom stereocenters. The van der Waals surface area contributed by atoms with Crippen LogP contribution in [0.4, 0.5) is 0 Å². The van der Waals surface area contributed by atoms with Gasteiger partial charge in [-0.25, -0.2) is 9.97 Å². The average molecular weight is 580 g/mol. The van der Waals surface area contributed by atoms with Gasteiger partial charge in [0.2, 0.25) is 0 Å². The zero-order chi connectivity index (χ0) is 28.6. The van der Waals surface area contributed by atoms with Crippen LogP contribution in [0.15, 0.2) is 113 Å². The highest BCUT2D eigenvalue weighted by Crippen LogP contribution is 2.57. The van der Waals surface area contributed by atoms with E-state index in [1.807, 2.05) is 23.1 Å². The number of para-hydroxylation sites is 1. The van der Waals surface area contributed by atoms with E-state index in [1.54, 1.807) is 0 Å². The van der Waals surface area contributed by atoms with E-state index in [0.717, 1.165) is 46.4 Å². The Kier molecular flexibility index (Phi) is 5.67. The van der Waals surface area contributed by atoms with Crippen LogP contribution < -0.4 is 0 Å². The Morgan fingerprint density at radius 2 is 1.69 bits per heavy atom. The molecule has 5 aromatic rings. The molecule has 3 nitrogen and oxygen atoms in total. The smallest absolute Gasteiger partial charge is 0.139 e. The first-order valence-electron chi connectivity index (χ1n) is 14.4. The summed E-state index contributed by atoms with van der Waals surface area (Å²) in [5.41, 5.74) is 6.15. The molecule has 8 rings (SSSR count). The second-order valence-electron chi connectivity index (χ2n) is 12.3. The van der Waals surface area contributed by atoms with Crippen molar-refractivity contribution >= 4 is 54.2 Å². The van der Waals surface area contributed by atoms with Crippen molar-refractivity contribution in [1.29, 1.82) is 5.26 Å². The summed E-state index contributed by atoms with van der Waals surface area (Å²) in [5.74, 6) is 0.855. The van der Waals surface area contributed by atoms with Gasteiger partial charge < -0.3 is 0 Å². The lowest BCUT2D eigenvalue weighted by atomic mass is 9.66. The summed E-state index contributed by atoms with van der Waals surface area (Å²) >= 11 is 3.78. The molecule has 0 bridgehead atoms. The van der Waals surface area contributed by atoms with Gasteiger partial charge >= 0.3 is 0 Å². The summed E-state index contributed by atoms with van der Waals surface area (Å²) in [6, 6.07) is 26.2. The van der Waals surface area contributed by atoms with E-state index >= 15 is 0 Å². The number of fused-ring (bicyclic) bond motifs is 5. The third-order valence-corrected chi connectivity index (χ3v) is 11.8. The molecule has 0 amide bonds. The Morgan fingerprint density at radius 1 is 0.905 bits per heavy atom. The highest BCUT2D eigenvalue weighted by atomic mass is 32.2. The number of hydrogen-bond donors (Lipinski definition) is 0. The van der Waals surface area contributed by atoms with Gasteiger partial charge in [0.25, 0.3) is 0 Å². The first kappa shape index (κ1) is 25.7. The first-order valence-corrected chi connectivity index (χ1v) is 16.1. The minimum atomic E-state index is -0.354. The van der Waals surface area contributed by atoms with E-state index in [4.69, 9.17) is 9.97 Å². The summed E-state index contributed by atoms with van der Waals surface area (Å²) in [6.07, 6.45) is 10.6. The van der Waals surface area contributed by atoms with E-state index in [1.165, 1.54) is 36.2 Å². The van der Waals surface area contributed by atoms with E-state index in [0.29, 0.717) is 5.25 Å². The molecule has 5 heteroatoms. The van der Waals surface area contributed by atoms with Gasteiger partial charge in [0.1, 0.15) is 5.82 Å². The Labute approximate surface area is 254 Å². The molecule has 0 saturated heterocycles. The quantitative estimate of drug-likeness (QED) is 0.209. The number of thioether (sulfide) groups is 1. The van der Waals surface area contributed by atoms with Gasteiger partial charge in [-0.1, -0.05) is 80.6 Å². The van der Waals surface area contributed by atoms with Gasteiger partial charge in [0.05, 0.1) is 17.3 Å². The lowest BCUT2D eigenvalue weighted by Gasteiger charge is -2.46. The van der Waals surface area contributed by atoms with Gasteiger partial charge in [0.15, 0.2) is 0 Å². The Balaban J connectivity index is 1.25. The molecule has 3 aromatic carbocycles. The van der Waals surface area contributed by atoms with Crippen LogP contribution in [0.2, 0.25) is 0 Å². The number of allylic oxidation sites excluding steroid dienone is 6. The van der Waals surface area contributed by atoms with Crippen LogP contribution in [0.5, 0.6) is 0 Å². The minimum Gasteiger partial charge on any atom is -0.232 e. The molecule has 0 spiro atoms. The van der Waals surface area contributed by atoms with Crippen LogP contribution in [0, 0.1) is 16.7 Å². The standard InChI is InChI=1S/C37H29N3S2/c1-36(2)27-18-22(21-38)12-15-31(27)42-32-16-17-37(3,20-28(32)36)35-39-29-10-6-4-9-26(29)34(40-35)23-13-14-25-24-8-5-7-11-30(24)41-33(25)19-23/h4-14,16-19,31H,15,20H2,1-3H3. The minimum absolute atomic E-state index is 0.139. The highest BCUT2D eigenvalue weighted by Gasteiger charge is 2.45. The van der Waals surface area contributed by atoms with E-state index in [9.17, 15) is 5.26 Å². The number of hydrogen-bond acceptors (Lipinski definition) is 5. The fraction of sp³-hybridized carbons (Fsp3) is 0.216. The molecule has 3 heterocycles. The number of aromatic nitrogens is 2. The van der Waals surface area contributed by atoms with Crippen molar-refractivity contribution in [3.63, 3.8) is 0 Å². The van der Waals surface area contributed by atoms with Crippen molar-refractivity contribution in [1.82, 2.24) is 9.97 Å². The van der Waals surface area contributed by atoms with Crippen LogP contribution in [0.1, 0.15) is 39.4 Å². The predicted molar refractivity (Wildman–Crippen MR) is 178 cm³/mol. The molecule has 0 saturated carbocycles. The van der Waals surface area contributed by atoms with Crippen LogP contribution in [-0.2, 0) is 5.41 Å². The molecule has 2 aliphatic carbocycles. The third-order valence-electron chi connectivity index (χ3n) is 9.29. The van der Waals surface area contributed by atoms with Crippen molar-refractivity contribution in [3.05, 3.63) is 118 Å². The second-order valence-corrected chi connectivity index (χ2v) is 14.7. The van der Waals surface area contributed by atoms with Crippen LogP contribution in [0.25, 0.3) is 42.3 Å². The average Bonchev–Trinajstić information content (AvgIpc) is 3.39. The molecule has 0 radical (unpaired) electrons. The second kappa shape index (κ2) is 9.26. The maximum Gasteiger partial charge on any atom is 0.139 e. The molecule has 2 unspecified atom stereocenters. The van der Waals surface area contributed by atoms with Gasteiger partial charge in [-0.2, -0.15) is 5.26 Å². The van der Waals surface area contributed by atoms with Crippen molar-refractivity contribution in [2.45, 2.75) is 44.3 Å². The van der Waals surface area contributed by atoms with E-state index in [2.05, 4.69) is 118 Å². The fourth-order valence-electron chi connectivity index (χ4n) is 6.87. The summed E-state index contributed by atoms with van der Waals surface area (Å²) in [4.78, 5) is 11.9. The van der Waals surface area contributed by atoms with Crippen LogP contribution in [-0.4, -0.2) is 15.2 Å². The number of thiophene rings is 1. The van der Waals surface area contributed by atoms with Crippen molar-refractivity contribution in [2.24, 2.45) is 5.41 Å². The first-order chi connectivity index (χ1) is 20.3. The normalized spacial score (nSPS) is 23.0. The van der Waals surface area contributed by atoms with Gasteiger partial charge in [-0.3, -0.25) is 0 Å². The lowest BCUT2D eigenvalue weighted by Crippen LogP contribution is -2.36. The monoisotopic (exact) mass is 579 g/mol. The van der Waals surface area contributed by atoms with Crippen LogP contribution in [0.3, 0.4) is 0 Å². The number of nitrogens with zero attached hydrogens (tertiary/aromatic N) is 3. The zero-order valence-electron chi connectivity index (χ0n) is 23.8. The maximum absolute atomic E-state index is 9.61. The summed E-state index contributed by atoms with van der Waals surface area (Å²) in [7, 11) is 0. The molecule has 2 aromatic heterocycles. The summed E-state index contributed by atoms with van der Waals surface area (Å²) in [5, 5.41) is 13.7. The zero-order valence-corrected chi connectivity index (χ0v) is 25.4. The highest BCUT2D eigenvalue weighted by molar-refractivity contribution is 8.04. The van der Waals surface area contributed by atoms with Crippen molar-refractivity contribution < 1.29 is 0 Å². The Morgan fingerprint density at radius 3 is 2.55 bits per heavy atom. The third kappa shape index (κ3) is 3.86. The summed E-state index contributed by atoms with van der Waals surface area (Å²) in [6.45, 7) is 6.93. The van der Waals surface area contributed by atoms with Crippen LogP contribution >= 0.6 is 23.1 Å². The molecule has 1 aliphatic heterocycles. The molecule has 3 aliphatic rings. The largest absolute Gasteiger partial charge is 0.232 e. The molecule has 204 valence electrons. The molecular formula is C37H29N3S2. The van der Waals surface area contributed by atoms with E-state index < -0.39 is 0 Å². The molecular weight excluding hydrogens is 551 g/mol. The molecule has 42 heavy (non-hydrogen) atoms. The van der Waals surface area contributed by atoms with E-state index in [-0.39, 0.29) is 10.8 Å². The van der Waals surface area contributed by atoms with Crippen molar-refractivity contribution in [2.75, 3.05) is 0 Å². The number of benzene rings is 3. The summed E-state index contributed by atoms with van der Waals surface area (Å²) < 4.78 is 2.58. The Bertz CT molecular complexity index is 2140. The number of rotatable bonds is 2. The number of nitriles is 1. The fourth-order valence-corrected chi connectivity index (χ4v) is 9.62. The van der Waals surface area contributed by atoms with Gasteiger partial charge in [0, 0.05) is 57.7 Å². The molecule has 0 N–H and O–H groups in total. The SMILES string of the molecule is CC1(C)C2=CC(C#N)=CCC2SC2=C1CC(C)(c1nc(-c3ccc4c(c3)sc3ccccc34)c3ccccc3n1)C=C2. The predicted octanol–water partition coefficient (Wildman–Crippen LogP) is 10.1. The maximum atomic E-state index is 9.61. The Hall–Kier alpha value is -3.98. The molecule has 0 fully saturated rings. The lowest BCUT2D eigenvalue weighted by molar-refractivity contribution is 0.433. The topological polar surface area (TPSA) is 49.6 Å². The van der Waals surface area contributed by atoms with Crippen molar-refractivity contribution in [3.8, 4) is 17.3 Å². The van der Waals surface area contributed by atoms with Gasteiger partial charge in [-0.15, -0.1) is 23.1 Å².